The molecule has 2 unspecified atom stereocenters. The molecule has 2 atom stereocenters. The third-order valence-electron chi connectivity index (χ3n) is 3.13. The Labute approximate surface area is 98.4 Å². The van der Waals surface area contributed by atoms with Crippen LogP contribution in [0.5, 0.6) is 0 Å². The van der Waals surface area contributed by atoms with Crippen LogP contribution in [0.25, 0.3) is 0 Å². The summed E-state index contributed by atoms with van der Waals surface area (Å²) in [7, 11) is 0. The molecule has 0 aromatic carbocycles. The molecule has 0 aliphatic heterocycles. The number of H-pyrrole nitrogens is 1. The van der Waals surface area contributed by atoms with Gasteiger partial charge in [0, 0.05) is 18.3 Å². The van der Waals surface area contributed by atoms with Crippen LogP contribution in [0.1, 0.15) is 25.7 Å². The summed E-state index contributed by atoms with van der Waals surface area (Å²) in [6.07, 6.45) is 5.79. The Bertz CT molecular complexity index is 402. The van der Waals surface area contributed by atoms with E-state index in [1.54, 1.807) is 12.4 Å². The number of amides is 1. The molecule has 17 heavy (non-hydrogen) atoms. The predicted molar refractivity (Wildman–Crippen MR) is 60.3 cm³/mol. The summed E-state index contributed by atoms with van der Waals surface area (Å²) >= 11 is 0. The Hall–Kier alpha value is -1.85. The number of anilines is 1. The van der Waals surface area contributed by atoms with Crippen molar-refractivity contribution in [2.24, 2.45) is 11.8 Å². The molecule has 1 saturated carbocycles. The minimum absolute atomic E-state index is 0.147. The van der Waals surface area contributed by atoms with Gasteiger partial charge in [-0.25, -0.2) is 4.98 Å². The van der Waals surface area contributed by atoms with Gasteiger partial charge in [-0.3, -0.25) is 14.9 Å². The lowest BCUT2D eigenvalue weighted by Crippen LogP contribution is -2.31. The molecule has 6 heteroatoms. The van der Waals surface area contributed by atoms with E-state index in [4.69, 9.17) is 5.11 Å². The minimum Gasteiger partial charge on any atom is -0.481 e. The molecule has 1 aliphatic rings. The van der Waals surface area contributed by atoms with Gasteiger partial charge < -0.3 is 10.1 Å². The Kier molecular flexibility index (Phi) is 3.41. The highest BCUT2D eigenvalue weighted by Gasteiger charge is 2.31. The van der Waals surface area contributed by atoms with Crippen LogP contribution < -0.4 is 5.32 Å². The second kappa shape index (κ2) is 4.99. The number of nitrogens with zero attached hydrogens (tertiary/aromatic N) is 1. The topological polar surface area (TPSA) is 95.1 Å². The maximum Gasteiger partial charge on any atom is 0.306 e. The number of hydrogen-bond donors (Lipinski definition) is 3. The van der Waals surface area contributed by atoms with Gasteiger partial charge in [0.2, 0.25) is 11.9 Å². The average Bonchev–Trinajstić information content (AvgIpc) is 2.82. The summed E-state index contributed by atoms with van der Waals surface area (Å²) in [5, 5.41) is 11.6. The maximum atomic E-state index is 11.9. The number of carbonyl (C=O) groups is 2. The average molecular weight is 237 g/mol. The molecule has 92 valence electrons. The molecular formula is C11H15N3O3. The van der Waals surface area contributed by atoms with Crippen LogP contribution in [0.2, 0.25) is 0 Å². The van der Waals surface area contributed by atoms with Gasteiger partial charge in [-0.05, 0) is 19.3 Å². The summed E-state index contributed by atoms with van der Waals surface area (Å²) in [5.74, 6) is -1.16. The number of aromatic nitrogens is 2. The zero-order valence-electron chi connectivity index (χ0n) is 9.35. The first kappa shape index (κ1) is 11.6. The van der Waals surface area contributed by atoms with Crippen LogP contribution in [0.15, 0.2) is 12.4 Å². The quantitative estimate of drug-likeness (QED) is 0.737. The highest BCUT2D eigenvalue weighted by Crippen LogP contribution is 2.29. The number of carbonyl (C=O) groups excluding carboxylic acids is 1. The molecule has 1 heterocycles. The molecule has 1 aromatic heterocycles. The molecule has 0 saturated heterocycles. The van der Waals surface area contributed by atoms with Gasteiger partial charge >= 0.3 is 5.97 Å². The van der Waals surface area contributed by atoms with Crippen LogP contribution in [0.4, 0.5) is 5.95 Å². The summed E-state index contributed by atoms with van der Waals surface area (Å²) in [6, 6.07) is 0. The first-order chi connectivity index (χ1) is 8.16. The van der Waals surface area contributed by atoms with E-state index in [9.17, 15) is 9.59 Å². The van der Waals surface area contributed by atoms with E-state index in [0.29, 0.717) is 18.8 Å². The molecule has 1 fully saturated rings. The standard InChI is InChI=1S/C11H15N3O3/c15-9(14-11-12-4-5-13-11)7-2-1-3-8(6-7)10(16)17/h4-5,7-8H,1-3,6H2,(H,16,17)(H2,12,13,14,15). The Morgan fingerprint density at radius 3 is 2.82 bits per heavy atom. The summed E-state index contributed by atoms with van der Waals surface area (Å²) < 4.78 is 0. The second-order valence-electron chi connectivity index (χ2n) is 4.33. The van der Waals surface area contributed by atoms with Gasteiger partial charge in [0.05, 0.1) is 5.92 Å². The number of carboxylic acids is 1. The molecule has 0 spiro atoms. The number of imidazole rings is 1. The smallest absolute Gasteiger partial charge is 0.306 e. The Balaban J connectivity index is 1.93. The molecule has 1 aliphatic carbocycles. The van der Waals surface area contributed by atoms with Crippen molar-refractivity contribution in [2.75, 3.05) is 5.32 Å². The van der Waals surface area contributed by atoms with Crippen LogP contribution in [0, 0.1) is 11.8 Å². The lowest BCUT2D eigenvalue weighted by Gasteiger charge is -2.25. The Morgan fingerprint density at radius 1 is 1.41 bits per heavy atom. The maximum absolute atomic E-state index is 11.9. The van der Waals surface area contributed by atoms with Gasteiger partial charge in [0.15, 0.2) is 0 Å². The van der Waals surface area contributed by atoms with Crippen molar-refractivity contribution in [3.8, 4) is 0 Å². The highest BCUT2D eigenvalue weighted by molar-refractivity contribution is 5.91. The minimum atomic E-state index is -0.805. The third-order valence-corrected chi connectivity index (χ3v) is 3.13. The van der Waals surface area contributed by atoms with Crippen molar-refractivity contribution in [1.82, 2.24) is 9.97 Å². The fourth-order valence-electron chi connectivity index (χ4n) is 2.20. The van der Waals surface area contributed by atoms with Crippen molar-refractivity contribution in [2.45, 2.75) is 25.7 Å². The second-order valence-corrected chi connectivity index (χ2v) is 4.33. The van der Waals surface area contributed by atoms with Gasteiger partial charge in [-0.15, -0.1) is 0 Å². The number of nitrogens with one attached hydrogen (secondary N) is 2. The first-order valence-corrected chi connectivity index (χ1v) is 5.70. The molecule has 0 radical (unpaired) electrons. The third kappa shape index (κ3) is 2.83. The van der Waals surface area contributed by atoms with Crippen LogP contribution in [0.3, 0.4) is 0 Å². The van der Waals surface area contributed by atoms with Gasteiger partial charge in [-0.1, -0.05) is 6.42 Å². The number of hydrogen-bond acceptors (Lipinski definition) is 3. The fraction of sp³-hybridized carbons (Fsp3) is 0.545. The lowest BCUT2D eigenvalue weighted by molar-refractivity contribution is -0.143. The molecular weight excluding hydrogens is 222 g/mol. The van der Waals surface area contributed by atoms with Crippen LogP contribution in [-0.2, 0) is 9.59 Å². The molecule has 1 aromatic rings. The highest BCUT2D eigenvalue weighted by atomic mass is 16.4. The number of aromatic amines is 1. The summed E-state index contributed by atoms with van der Waals surface area (Å²) in [5.41, 5.74) is 0. The van der Waals surface area contributed by atoms with Crippen LogP contribution in [-0.4, -0.2) is 27.0 Å². The van der Waals surface area contributed by atoms with Crippen LogP contribution >= 0.6 is 0 Å². The zero-order valence-corrected chi connectivity index (χ0v) is 9.35. The van der Waals surface area contributed by atoms with Crippen molar-refractivity contribution >= 4 is 17.8 Å². The van der Waals surface area contributed by atoms with Crippen molar-refractivity contribution in [3.05, 3.63) is 12.4 Å². The first-order valence-electron chi connectivity index (χ1n) is 5.70. The Morgan fingerprint density at radius 2 is 2.18 bits per heavy atom. The molecule has 0 bridgehead atoms. The van der Waals surface area contributed by atoms with E-state index < -0.39 is 11.9 Å². The monoisotopic (exact) mass is 237 g/mol. The SMILES string of the molecule is O=C(O)C1CCCC(C(=O)Nc2ncc[nH]2)C1. The van der Waals surface area contributed by atoms with E-state index in [0.717, 1.165) is 12.8 Å². The van der Waals surface area contributed by atoms with Gasteiger partial charge in [0.25, 0.3) is 0 Å². The largest absolute Gasteiger partial charge is 0.481 e. The van der Waals surface area contributed by atoms with Crippen molar-refractivity contribution in [3.63, 3.8) is 0 Å². The zero-order chi connectivity index (χ0) is 12.3. The van der Waals surface area contributed by atoms with E-state index in [1.807, 2.05) is 0 Å². The number of rotatable bonds is 3. The molecule has 6 nitrogen and oxygen atoms in total. The molecule has 2 rings (SSSR count). The van der Waals surface area contributed by atoms with Gasteiger partial charge in [-0.2, -0.15) is 0 Å². The molecule has 1 amide bonds. The lowest BCUT2D eigenvalue weighted by atomic mass is 9.81. The van der Waals surface area contributed by atoms with E-state index >= 15 is 0 Å². The summed E-state index contributed by atoms with van der Waals surface area (Å²) in [6.45, 7) is 0. The van der Waals surface area contributed by atoms with Crippen molar-refractivity contribution in [1.29, 1.82) is 0 Å². The van der Waals surface area contributed by atoms with Crippen molar-refractivity contribution < 1.29 is 14.7 Å². The normalized spacial score (nSPS) is 24.2. The predicted octanol–water partition coefficient (Wildman–Crippen LogP) is 1.24. The van der Waals surface area contributed by atoms with E-state index in [2.05, 4.69) is 15.3 Å². The number of aliphatic carboxylic acids is 1. The van der Waals surface area contributed by atoms with Gasteiger partial charge in [0.1, 0.15) is 0 Å². The molecule has 3 N–H and O–H groups in total. The van der Waals surface area contributed by atoms with E-state index in [-0.39, 0.29) is 11.8 Å². The number of carboxylic acid groups (broad SMARTS) is 1. The van der Waals surface area contributed by atoms with E-state index in [1.165, 1.54) is 0 Å². The fourth-order valence-corrected chi connectivity index (χ4v) is 2.20. The summed E-state index contributed by atoms with van der Waals surface area (Å²) in [4.78, 5) is 29.4.